The van der Waals surface area contributed by atoms with Gasteiger partial charge in [-0.15, -0.1) is 6.58 Å². The van der Waals surface area contributed by atoms with E-state index in [1.54, 1.807) is 13.0 Å². The molecule has 5 heteroatoms. The number of ether oxygens (including phenoxy) is 2. The third kappa shape index (κ3) is 2.02. The first-order valence-electron chi connectivity index (χ1n) is 7.51. The highest BCUT2D eigenvalue weighted by molar-refractivity contribution is 6.11. The van der Waals surface area contributed by atoms with Crippen LogP contribution >= 0.6 is 0 Å². The second-order valence-corrected chi connectivity index (χ2v) is 6.37. The predicted molar refractivity (Wildman–Crippen MR) is 79.6 cm³/mol. The molecule has 22 heavy (non-hydrogen) atoms. The van der Waals surface area contributed by atoms with Gasteiger partial charge >= 0.3 is 11.9 Å². The second-order valence-electron chi connectivity index (χ2n) is 6.37. The summed E-state index contributed by atoms with van der Waals surface area (Å²) in [5.74, 6) is -1.97. The zero-order chi connectivity index (χ0) is 16.7. The third-order valence-electron chi connectivity index (χ3n) is 5.15. The van der Waals surface area contributed by atoms with Crippen molar-refractivity contribution in [2.45, 2.75) is 40.5 Å². The van der Waals surface area contributed by atoms with Crippen molar-refractivity contribution in [2.75, 3.05) is 6.61 Å². The normalized spacial score (nSPS) is 30.9. The quantitative estimate of drug-likeness (QED) is 0.345. The van der Waals surface area contributed by atoms with Crippen molar-refractivity contribution in [1.82, 2.24) is 0 Å². The van der Waals surface area contributed by atoms with E-state index in [1.807, 2.05) is 13.8 Å². The van der Waals surface area contributed by atoms with Crippen molar-refractivity contribution >= 4 is 17.7 Å². The number of carbonyl (C=O) groups is 3. The molecule has 0 spiro atoms. The molecular weight excluding hydrogens is 284 g/mol. The van der Waals surface area contributed by atoms with Crippen LogP contribution in [0.5, 0.6) is 0 Å². The van der Waals surface area contributed by atoms with E-state index in [4.69, 9.17) is 9.47 Å². The van der Waals surface area contributed by atoms with Gasteiger partial charge in [0.25, 0.3) is 0 Å². The fourth-order valence-corrected chi connectivity index (χ4v) is 3.94. The average molecular weight is 306 g/mol. The molecule has 0 unspecified atom stereocenters. The monoisotopic (exact) mass is 306 g/mol. The number of Topliss-reactive ketones (excluding diaryl/α,β-unsaturated/α-hetero) is 1. The van der Waals surface area contributed by atoms with Crippen molar-refractivity contribution in [3.8, 4) is 0 Å². The van der Waals surface area contributed by atoms with Crippen LogP contribution in [0.25, 0.3) is 0 Å². The van der Waals surface area contributed by atoms with Gasteiger partial charge in [0.05, 0.1) is 17.6 Å². The van der Waals surface area contributed by atoms with Gasteiger partial charge < -0.3 is 9.47 Å². The number of rotatable bonds is 4. The maximum atomic E-state index is 12.9. The highest BCUT2D eigenvalue weighted by Gasteiger charge is 2.66. The van der Waals surface area contributed by atoms with E-state index in [0.717, 1.165) is 6.42 Å². The zero-order valence-corrected chi connectivity index (χ0v) is 13.5. The summed E-state index contributed by atoms with van der Waals surface area (Å²) in [5, 5.41) is 0. The summed E-state index contributed by atoms with van der Waals surface area (Å²) >= 11 is 0. The van der Waals surface area contributed by atoms with Crippen LogP contribution in [0.15, 0.2) is 24.0 Å². The minimum atomic E-state index is -0.761. The molecule has 0 aromatic heterocycles. The van der Waals surface area contributed by atoms with Crippen molar-refractivity contribution < 1.29 is 23.9 Å². The molecule has 120 valence electrons. The highest BCUT2D eigenvalue weighted by Crippen LogP contribution is 2.66. The lowest BCUT2D eigenvalue weighted by atomic mass is 9.69. The molecule has 0 aromatic carbocycles. The molecule has 0 radical (unpaired) electrons. The number of ketones is 1. The van der Waals surface area contributed by atoms with Gasteiger partial charge in [0.1, 0.15) is 0 Å². The van der Waals surface area contributed by atoms with Gasteiger partial charge in [-0.2, -0.15) is 0 Å². The van der Waals surface area contributed by atoms with E-state index < -0.39 is 17.4 Å². The van der Waals surface area contributed by atoms with Crippen molar-refractivity contribution in [2.24, 2.45) is 16.7 Å². The van der Waals surface area contributed by atoms with Crippen LogP contribution in [-0.2, 0) is 23.9 Å². The lowest BCUT2D eigenvalue weighted by molar-refractivity contribution is -0.150. The molecule has 2 aliphatic carbocycles. The fraction of sp³-hybridized carbons (Fsp3) is 0.588. The molecule has 2 atom stereocenters. The Morgan fingerprint density at radius 1 is 1.41 bits per heavy atom. The molecular formula is C17H22O5. The Bertz CT molecular complexity index is 584. The Kier molecular flexibility index (Phi) is 4.02. The Morgan fingerprint density at radius 3 is 2.50 bits per heavy atom. The number of esters is 2. The number of fused-ring (bicyclic) bond motifs is 2. The molecule has 0 aliphatic heterocycles. The van der Waals surface area contributed by atoms with E-state index in [2.05, 4.69) is 6.58 Å². The first-order chi connectivity index (χ1) is 10.2. The summed E-state index contributed by atoms with van der Waals surface area (Å²) in [6.45, 7) is 10.8. The van der Waals surface area contributed by atoms with Crippen LogP contribution in [0.2, 0.25) is 0 Å². The van der Waals surface area contributed by atoms with Crippen LogP contribution in [-0.4, -0.2) is 24.3 Å². The second kappa shape index (κ2) is 5.38. The van der Waals surface area contributed by atoms with Crippen molar-refractivity contribution in [1.29, 1.82) is 0 Å². The largest absolute Gasteiger partial charge is 0.460 e. The maximum absolute atomic E-state index is 12.9. The summed E-state index contributed by atoms with van der Waals surface area (Å²) in [4.78, 5) is 36.4. The minimum absolute atomic E-state index is 0.142. The molecule has 0 heterocycles. The lowest BCUT2D eigenvalue weighted by Crippen LogP contribution is -2.34. The summed E-state index contributed by atoms with van der Waals surface area (Å²) in [6.07, 6.45) is 3.13. The number of hydrogen-bond donors (Lipinski definition) is 0. The molecule has 2 rings (SSSR count). The van der Waals surface area contributed by atoms with Gasteiger partial charge in [0, 0.05) is 6.92 Å². The van der Waals surface area contributed by atoms with Gasteiger partial charge in [-0.1, -0.05) is 19.9 Å². The van der Waals surface area contributed by atoms with Gasteiger partial charge in [-0.3, -0.25) is 9.59 Å². The zero-order valence-electron chi connectivity index (χ0n) is 13.5. The van der Waals surface area contributed by atoms with E-state index >= 15 is 0 Å². The van der Waals surface area contributed by atoms with Crippen LogP contribution in [0.4, 0.5) is 0 Å². The fourth-order valence-electron chi connectivity index (χ4n) is 3.94. The summed E-state index contributed by atoms with van der Waals surface area (Å²) in [7, 11) is 0. The average Bonchev–Trinajstić information content (AvgIpc) is 2.78. The molecule has 5 nitrogen and oxygen atoms in total. The van der Waals surface area contributed by atoms with Gasteiger partial charge in [0.2, 0.25) is 5.76 Å². The first-order valence-corrected chi connectivity index (χ1v) is 7.51. The maximum Gasteiger partial charge on any atom is 0.374 e. The molecule has 0 amide bonds. The summed E-state index contributed by atoms with van der Waals surface area (Å²) < 4.78 is 10.0. The van der Waals surface area contributed by atoms with Crippen LogP contribution in [0.3, 0.4) is 0 Å². The molecule has 0 saturated heterocycles. The van der Waals surface area contributed by atoms with Gasteiger partial charge in [-0.05, 0) is 31.1 Å². The summed E-state index contributed by atoms with van der Waals surface area (Å²) in [5.41, 5.74) is -0.783. The Balaban J connectivity index is 2.61. The third-order valence-corrected chi connectivity index (χ3v) is 5.15. The van der Waals surface area contributed by atoms with Crippen LogP contribution < -0.4 is 0 Å². The van der Waals surface area contributed by atoms with Gasteiger partial charge in [0.15, 0.2) is 5.78 Å². The standard InChI is InChI=1S/C17H22O5/c1-6-17-9-8-11(16(17,4)5)12(14(17)19)13(22-10(3)18)15(20)21-7-2/h6,11H,1,7-9H2,2-5H3/b13-12-/t11-,17+/m1/s1. The number of hydrogen-bond acceptors (Lipinski definition) is 5. The summed E-state index contributed by atoms with van der Waals surface area (Å²) in [6, 6.07) is 0. The Morgan fingerprint density at radius 2 is 2.05 bits per heavy atom. The van der Waals surface area contributed by atoms with Crippen molar-refractivity contribution in [3.05, 3.63) is 24.0 Å². The molecule has 2 aliphatic rings. The van der Waals surface area contributed by atoms with Gasteiger partial charge in [-0.25, -0.2) is 4.79 Å². The van der Waals surface area contributed by atoms with E-state index in [-0.39, 0.29) is 35.1 Å². The smallest absolute Gasteiger partial charge is 0.374 e. The molecule has 0 N–H and O–H groups in total. The highest BCUT2D eigenvalue weighted by atomic mass is 16.6. The molecule has 2 saturated carbocycles. The van der Waals surface area contributed by atoms with Crippen LogP contribution in [0.1, 0.15) is 40.5 Å². The predicted octanol–water partition coefficient (Wildman–Crippen LogP) is 2.56. The van der Waals surface area contributed by atoms with E-state index in [1.165, 1.54) is 6.92 Å². The Hall–Kier alpha value is -1.91. The van der Waals surface area contributed by atoms with E-state index in [9.17, 15) is 14.4 Å². The van der Waals surface area contributed by atoms with Crippen molar-refractivity contribution in [3.63, 3.8) is 0 Å². The van der Waals surface area contributed by atoms with Crippen LogP contribution in [0, 0.1) is 16.7 Å². The minimum Gasteiger partial charge on any atom is -0.460 e. The first kappa shape index (κ1) is 16.5. The molecule has 2 fully saturated rings. The Labute approximate surface area is 130 Å². The SMILES string of the molecule is C=C[C@]12CC[C@H](/C(=C(/OC(C)=O)C(=O)OCC)C1=O)C2(C)C. The lowest BCUT2D eigenvalue weighted by Gasteiger charge is -2.32. The van der Waals surface area contributed by atoms with E-state index in [0.29, 0.717) is 6.42 Å². The number of carbonyl (C=O) groups excluding carboxylic acids is 3. The molecule has 2 bridgehead atoms. The topological polar surface area (TPSA) is 69.7 Å². The molecule has 0 aromatic rings. The number of allylic oxidation sites excluding steroid dienone is 2.